The molecule has 2 N–H and O–H groups in total. The highest BCUT2D eigenvalue weighted by atomic mass is 32.1. The van der Waals surface area contributed by atoms with Crippen molar-refractivity contribution in [2.45, 2.75) is 19.0 Å². The van der Waals surface area contributed by atoms with E-state index in [-0.39, 0.29) is 12.1 Å². The van der Waals surface area contributed by atoms with Gasteiger partial charge < -0.3 is 15.4 Å². The van der Waals surface area contributed by atoms with Gasteiger partial charge in [0.15, 0.2) is 0 Å². The third-order valence-electron chi connectivity index (χ3n) is 2.27. The van der Waals surface area contributed by atoms with Gasteiger partial charge in [-0.3, -0.25) is 0 Å². The van der Waals surface area contributed by atoms with Crippen molar-refractivity contribution < 1.29 is 9.53 Å². The number of hydrogen-bond donors (Lipinski definition) is 2. The Bertz CT molecular complexity index is 307. The zero-order valence-electron chi connectivity index (χ0n) is 8.36. The fraction of sp³-hybridized carbons (Fsp3) is 0.500. The smallest absolute Gasteiger partial charge is 0.315 e. The van der Waals surface area contributed by atoms with Crippen LogP contribution in [-0.4, -0.2) is 25.3 Å². The van der Waals surface area contributed by atoms with E-state index in [0.717, 1.165) is 17.9 Å². The van der Waals surface area contributed by atoms with Crippen LogP contribution in [0.1, 0.15) is 11.3 Å². The second-order valence-corrected chi connectivity index (χ2v) is 4.50. The first-order valence-corrected chi connectivity index (χ1v) is 5.87. The molecular weight excluding hydrogens is 212 g/mol. The maximum atomic E-state index is 11.4. The molecule has 2 amide bonds. The summed E-state index contributed by atoms with van der Waals surface area (Å²) >= 11 is 1.64. The van der Waals surface area contributed by atoms with Crippen molar-refractivity contribution >= 4 is 17.4 Å². The van der Waals surface area contributed by atoms with E-state index >= 15 is 0 Å². The number of carbonyl (C=O) groups is 1. The fourth-order valence-electron chi connectivity index (χ4n) is 1.47. The number of thiophene rings is 1. The normalized spacial score (nSPS) is 20.1. The molecule has 1 aliphatic heterocycles. The van der Waals surface area contributed by atoms with Crippen molar-refractivity contribution in [3.8, 4) is 0 Å². The lowest BCUT2D eigenvalue weighted by Gasteiger charge is -2.11. The van der Waals surface area contributed by atoms with Crippen LogP contribution in [0.25, 0.3) is 0 Å². The molecule has 0 spiro atoms. The molecule has 4 nitrogen and oxygen atoms in total. The molecule has 5 heteroatoms. The molecule has 1 unspecified atom stereocenters. The molecule has 1 aromatic heterocycles. The first-order valence-electron chi connectivity index (χ1n) is 4.99. The number of hydrogen-bond acceptors (Lipinski definition) is 3. The van der Waals surface area contributed by atoms with E-state index in [2.05, 4.69) is 10.6 Å². The first kappa shape index (κ1) is 10.4. The van der Waals surface area contributed by atoms with Gasteiger partial charge in [-0.1, -0.05) is 6.07 Å². The molecule has 1 saturated heterocycles. The number of rotatable bonds is 3. The predicted octanol–water partition coefficient (Wildman–Crippen LogP) is 1.34. The van der Waals surface area contributed by atoms with E-state index in [1.165, 1.54) is 0 Å². The van der Waals surface area contributed by atoms with Crippen LogP contribution in [-0.2, 0) is 11.3 Å². The first-order chi connectivity index (χ1) is 7.34. The summed E-state index contributed by atoms with van der Waals surface area (Å²) in [6.45, 7) is 1.97. The van der Waals surface area contributed by atoms with E-state index in [0.29, 0.717) is 13.2 Å². The third kappa shape index (κ3) is 3.21. The lowest BCUT2D eigenvalue weighted by atomic mass is 10.3. The summed E-state index contributed by atoms with van der Waals surface area (Å²) in [5.41, 5.74) is 0. The lowest BCUT2D eigenvalue weighted by molar-refractivity contribution is 0.188. The van der Waals surface area contributed by atoms with Crippen molar-refractivity contribution in [3.63, 3.8) is 0 Å². The quantitative estimate of drug-likeness (QED) is 0.817. The van der Waals surface area contributed by atoms with Gasteiger partial charge in [0.25, 0.3) is 0 Å². The maximum Gasteiger partial charge on any atom is 0.315 e. The second kappa shape index (κ2) is 5.14. The molecule has 1 aliphatic rings. The number of nitrogens with one attached hydrogen (secondary N) is 2. The Morgan fingerprint density at radius 3 is 3.27 bits per heavy atom. The standard InChI is InChI=1S/C10H14N2O2S/c13-10(12-8-3-4-14-7-8)11-6-9-2-1-5-15-9/h1-2,5,8H,3-4,6-7H2,(H2,11,12,13). The molecule has 0 radical (unpaired) electrons. The molecule has 15 heavy (non-hydrogen) atoms. The molecular formula is C10H14N2O2S. The van der Waals surface area contributed by atoms with E-state index in [4.69, 9.17) is 4.74 Å². The van der Waals surface area contributed by atoms with Gasteiger partial charge in [-0.25, -0.2) is 4.79 Å². The van der Waals surface area contributed by atoms with Gasteiger partial charge in [0, 0.05) is 11.5 Å². The molecule has 0 bridgehead atoms. The van der Waals surface area contributed by atoms with E-state index in [1.807, 2.05) is 17.5 Å². The van der Waals surface area contributed by atoms with E-state index < -0.39 is 0 Å². The summed E-state index contributed by atoms with van der Waals surface area (Å²) in [7, 11) is 0. The lowest BCUT2D eigenvalue weighted by Crippen LogP contribution is -2.41. The Labute approximate surface area is 92.6 Å². The second-order valence-electron chi connectivity index (χ2n) is 3.47. The van der Waals surface area contributed by atoms with Gasteiger partial charge in [-0.05, 0) is 17.9 Å². The Kier molecular flexibility index (Phi) is 3.58. The topological polar surface area (TPSA) is 50.4 Å². The number of urea groups is 1. The van der Waals surface area contributed by atoms with Crippen molar-refractivity contribution in [2.75, 3.05) is 13.2 Å². The van der Waals surface area contributed by atoms with Crippen LogP contribution in [0.2, 0.25) is 0 Å². The third-order valence-corrected chi connectivity index (χ3v) is 3.14. The number of carbonyl (C=O) groups excluding carboxylic acids is 1. The summed E-state index contributed by atoms with van der Waals surface area (Å²) in [6.07, 6.45) is 0.909. The highest BCUT2D eigenvalue weighted by Crippen LogP contribution is 2.07. The minimum Gasteiger partial charge on any atom is -0.379 e. The number of amides is 2. The van der Waals surface area contributed by atoms with Gasteiger partial charge in [-0.2, -0.15) is 0 Å². The average molecular weight is 226 g/mol. The summed E-state index contributed by atoms with van der Waals surface area (Å²) in [4.78, 5) is 12.6. The van der Waals surface area contributed by atoms with Crippen LogP contribution in [0.5, 0.6) is 0 Å². The van der Waals surface area contributed by atoms with Crippen molar-refractivity contribution in [2.24, 2.45) is 0 Å². The Hall–Kier alpha value is -1.07. The van der Waals surface area contributed by atoms with Crippen molar-refractivity contribution in [3.05, 3.63) is 22.4 Å². The molecule has 2 heterocycles. The molecule has 0 aromatic carbocycles. The van der Waals surface area contributed by atoms with Gasteiger partial charge in [0.05, 0.1) is 19.2 Å². The van der Waals surface area contributed by atoms with Crippen molar-refractivity contribution in [1.29, 1.82) is 0 Å². The summed E-state index contributed by atoms with van der Waals surface area (Å²) in [5, 5.41) is 7.69. The zero-order chi connectivity index (χ0) is 10.5. The molecule has 1 fully saturated rings. The minimum absolute atomic E-state index is 0.112. The summed E-state index contributed by atoms with van der Waals surface area (Å²) < 4.78 is 5.17. The molecule has 0 saturated carbocycles. The fourth-order valence-corrected chi connectivity index (χ4v) is 2.11. The van der Waals surface area contributed by atoms with Crippen LogP contribution in [0.4, 0.5) is 4.79 Å². The highest BCUT2D eigenvalue weighted by molar-refractivity contribution is 7.09. The number of ether oxygens (including phenoxy) is 1. The largest absolute Gasteiger partial charge is 0.379 e. The van der Waals surface area contributed by atoms with Gasteiger partial charge >= 0.3 is 6.03 Å². The van der Waals surface area contributed by atoms with Crippen LogP contribution in [0.15, 0.2) is 17.5 Å². The van der Waals surface area contributed by atoms with Gasteiger partial charge in [-0.15, -0.1) is 11.3 Å². The van der Waals surface area contributed by atoms with Crippen LogP contribution in [0.3, 0.4) is 0 Å². The molecule has 82 valence electrons. The van der Waals surface area contributed by atoms with Crippen LogP contribution >= 0.6 is 11.3 Å². The maximum absolute atomic E-state index is 11.4. The highest BCUT2D eigenvalue weighted by Gasteiger charge is 2.17. The predicted molar refractivity (Wildman–Crippen MR) is 58.9 cm³/mol. The van der Waals surface area contributed by atoms with Gasteiger partial charge in [0.2, 0.25) is 0 Å². The monoisotopic (exact) mass is 226 g/mol. The molecule has 1 atom stereocenters. The van der Waals surface area contributed by atoms with Gasteiger partial charge in [0.1, 0.15) is 0 Å². The summed E-state index contributed by atoms with van der Waals surface area (Å²) in [5.74, 6) is 0. The Balaban J connectivity index is 1.68. The van der Waals surface area contributed by atoms with Crippen molar-refractivity contribution in [1.82, 2.24) is 10.6 Å². The zero-order valence-corrected chi connectivity index (χ0v) is 9.18. The van der Waals surface area contributed by atoms with Crippen LogP contribution < -0.4 is 10.6 Å². The summed E-state index contributed by atoms with van der Waals surface area (Å²) in [6, 6.07) is 4.04. The Morgan fingerprint density at radius 1 is 1.67 bits per heavy atom. The molecule has 2 rings (SSSR count). The van der Waals surface area contributed by atoms with Crippen LogP contribution in [0, 0.1) is 0 Å². The Morgan fingerprint density at radius 2 is 2.60 bits per heavy atom. The molecule has 1 aromatic rings. The minimum atomic E-state index is -0.112. The van der Waals surface area contributed by atoms with E-state index in [1.54, 1.807) is 11.3 Å². The molecule has 0 aliphatic carbocycles. The SMILES string of the molecule is O=C(NCc1cccs1)NC1CCOC1. The average Bonchev–Trinajstić information content (AvgIpc) is 2.86. The van der Waals surface area contributed by atoms with E-state index in [9.17, 15) is 4.79 Å².